The fraction of sp³-hybridized carbons (Fsp3) is 0.357. The smallest absolute Gasteiger partial charge is 0.310 e. The molecule has 0 aliphatic carbocycles. The molecular formula is C14H16O3. The van der Waals surface area contributed by atoms with Gasteiger partial charge in [0.2, 0.25) is 0 Å². The zero-order valence-electron chi connectivity index (χ0n) is 10.1. The molecule has 3 nitrogen and oxygen atoms in total. The Morgan fingerprint density at radius 3 is 2.94 bits per heavy atom. The summed E-state index contributed by atoms with van der Waals surface area (Å²) in [6.45, 7) is 4.08. The van der Waals surface area contributed by atoms with Crippen molar-refractivity contribution < 1.29 is 14.3 Å². The van der Waals surface area contributed by atoms with Gasteiger partial charge in [-0.05, 0) is 26.0 Å². The van der Waals surface area contributed by atoms with E-state index in [-0.39, 0.29) is 12.4 Å². The molecule has 1 aromatic rings. The van der Waals surface area contributed by atoms with Gasteiger partial charge in [-0.1, -0.05) is 24.3 Å². The first-order valence-electron chi connectivity index (χ1n) is 5.76. The molecule has 1 aliphatic rings. The van der Waals surface area contributed by atoms with Crippen molar-refractivity contribution in [3.8, 4) is 5.75 Å². The van der Waals surface area contributed by atoms with Crippen LogP contribution in [-0.2, 0) is 9.53 Å². The highest BCUT2D eigenvalue weighted by Crippen LogP contribution is 2.32. The third-order valence-corrected chi connectivity index (χ3v) is 2.68. The first kappa shape index (κ1) is 11.7. The predicted molar refractivity (Wildman–Crippen MR) is 65.8 cm³/mol. The first-order valence-corrected chi connectivity index (χ1v) is 5.76. The summed E-state index contributed by atoms with van der Waals surface area (Å²) in [6.07, 6.45) is 4.12. The predicted octanol–water partition coefficient (Wildman–Crippen LogP) is 2.80. The van der Waals surface area contributed by atoms with Gasteiger partial charge in [0, 0.05) is 5.56 Å². The van der Waals surface area contributed by atoms with Gasteiger partial charge >= 0.3 is 5.97 Å². The summed E-state index contributed by atoms with van der Waals surface area (Å²) in [4.78, 5) is 11.5. The molecule has 1 heterocycles. The molecular weight excluding hydrogens is 216 g/mol. The molecule has 1 aliphatic heterocycles. The molecule has 0 fully saturated rings. The fourth-order valence-corrected chi connectivity index (χ4v) is 1.86. The SMILES string of the molecule is CCOC(=O)C[C@@]1(C)C=Cc2ccccc2O1. The lowest BCUT2D eigenvalue weighted by Gasteiger charge is -2.30. The quantitative estimate of drug-likeness (QED) is 0.752. The second-order valence-electron chi connectivity index (χ2n) is 4.27. The molecule has 0 saturated heterocycles. The molecule has 1 atom stereocenters. The molecule has 0 radical (unpaired) electrons. The number of esters is 1. The number of rotatable bonds is 3. The summed E-state index contributed by atoms with van der Waals surface area (Å²) in [5.41, 5.74) is 0.425. The lowest BCUT2D eigenvalue weighted by atomic mass is 9.97. The van der Waals surface area contributed by atoms with E-state index < -0.39 is 5.60 Å². The Morgan fingerprint density at radius 2 is 2.18 bits per heavy atom. The number of benzene rings is 1. The normalized spacial score (nSPS) is 21.5. The second-order valence-corrected chi connectivity index (χ2v) is 4.27. The highest BCUT2D eigenvalue weighted by atomic mass is 16.5. The van der Waals surface area contributed by atoms with Crippen LogP contribution in [0.25, 0.3) is 6.08 Å². The van der Waals surface area contributed by atoms with Gasteiger partial charge < -0.3 is 9.47 Å². The van der Waals surface area contributed by atoms with E-state index >= 15 is 0 Å². The van der Waals surface area contributed by atoms with Crippen LogP contribution in [0, 0.1) is 0 Å². The van der Waals surface area contributed by atoms with E-state index in [9.17, 15) is 4.79 Å². The summed E-state index contributed by atoms with van der Waals surface area (Å²) < 4.78 is 10.8. The Morgan fingerprint density at radius 1 is 1.41 bits per heavy atom. The molecule has 0 spiro atoms. The number of para-hydroxylation sites is 1. The van der Waals surface area contributed by atoms with E-state index in [0.717, 1.165) is 11.3 Å². The van der Waals surface area contributed by atoms with E-state index in [2.05, 4.69) is 0 Å². The summed E-state index contributed by atoms with van der Waals surface area (Å²) >= 11 is 0. The van der Waals surface area contributed by atoms with Crippen LogP contribution in [0.2, 0.25) is 0 Å². The minimum atomic E-state index is -0.611. The average Bonchev–Trinajstić information content (AvgIpc) is 2.28. The van der Waals surface area contributed by atoms with Crippen LogP contribution < -0.4 is 4.74 Å². The highest BCUT2D eigenvalue weighted by molar-refractivity contribution is 5.72. The summed E-state index contributed by atoms with van der Waals surface area (Å²) in [6, 6.07) is 7.77. The van der Waals surface area contributed by atoms with Crippen molar-refractivity contribution in [2.75, 3.05) is 6.61 Å². The third-order valence-electron chi connectivity index (χ3n) is 2.68. The minimum absolute atomic E-state index is 0.228. The van der Waals surface area contributed by atoms with Crippen LogP contribution in [0.1, 0.15) is 25.8 Å². The van der Waals surface area contributed by atoms with Crippen molar-refractivity contribution in [3.05, 3.63) is 35.9 Å². The van der Waals surface area contributed by atoms with E-state index in [1.807, 2.05) is 43.3 Å². The minimum Gasteiger partial charge on any atom is -0.482 e. The maximum atomic E-state index is 11.5. The van der Waals surface area contributed by atoms with Crippen molar-refractivity contribution in [2.24, 2.45) is 0 Å². The van der Waals surface area contributed by atoms with Gasteiger partial charge in [-0.15, -0.1) is 0 Å². The van der Waals surface area contributed by atoms with Crippen LogP contribution in [0.5, 0.6) is 5.75 Å². The van der Waals surface area contributed by atoms with Crippen LogP contribution in [0.15, 0.2) is 30.3 Å². The number of fused-ring (bicyclic) bond motifs is 1. The molecule has 0 bridgehead atoms. The maximum absolute atomic E-state index is 11.5. The van der Waals surface area contributed by atoms with Crippen molar-refractivity contribution >= 4 is 12.0 Å². The van der Waals surface area contributed by atoms with Crippen molar-refractivity contribution in [1.82, 2.24) is 0 Å². The number of carbonyl (C=O) groups is 1. The zero-order chi connectivity index (χ0) is 12.3. The van der Waals surface area contributed by atoms with Gasteiger partial charge in [0.15, 0.2) is 0 Å². The van der Waals surface area contributed by atoms with Crippen LogP contribution in [-0.4, -0.2) is 18.2 Å². The molecule has 3 heteroatoms. The number of carbonyl (C=O) groups excluding carboxylic acids is 1. The lowest BCUT2D eigenvalue weighted by Crippen LogP contribution is -2.35. The van der Waals surface area contributed by atoms with Gasteiger partial charge in [-0.25, -0.2) is 0 Å². The molecule has 90 valence electrons. The van der Waals surface area contributed by atoms with E-state index in [1.165, 1.54) is 0 Å². The Balaban J connectivity index is 2.13. The molecule has 17 heavy (non-hydrogen) atoms. The lowest BCUT2D eigenvalue weighted by molar-refractivity contribution is -0.146. The van der Waals surface area contributed by atoms with E-state index in [1.54, 1.807) is 6.92 Å². The van der Waals surface area contributed by atoms with Crippen LogP contribution in [0.4, 0.5) is 0 Å². The molecule has 2 rings (SSSR count). The topological polar surface area (TPSA) is 35.5 Å². The van der Waals surface area contributed by atoms with Gasteiger partial charge in [0.1, 0.15) is 11.4 Å². The number of ether oxygens (including phenoxy) is 2. The molecule has 1 aromatic carbocycles. The fourth-order valence-electron chi connectivity index (χ4n) is 1.86. The third kappa shape index (κ3) is 2.67. The van der Waals surface area contributed by atoms with Crippen molar-refractivity contribution in [1.29, 1.82) is 0 Å². The second kappa shape index (κ2) is 4.62. The Bertz CT molecular complexity index is 451. The Labute approximate surface area is 101 Å². The van der Waals surface area contributed by atoms with Gasteiger partial charge in [0.25, 0.3) is 0 Å². The Hall–Kier alpha value is -1.77. The number of hydrogen-bond donors (Lipinski definition) is 0. The van der Waals surface area contributed by atoms with E-state index in [4.69, 9.17) is 9.47 Å². The van der Waals surface area contributed by atoms with Crippen LogP contribution >= 0.6 is 0 Å². The molecule has 0 saturated carbocycles. The summed E-state index contributed by atoms with van der Waals surface area (Å²) in [7, 11) is 0. The zero-order valence-corrected chi connectivity index (χ0v) is 10.1. The summed E-state index contributed by atoms with van der Waals surface area (Å²) in [5.74, 6) is 0.570. The van der Waals surface area contributed by atoms with Crippen molar-refractivity contribution in [2.45, 2.75) is 25.9 Å². The molecule has 0 amide bonds. The standard InChI is InChI=1S/C14H16O3/c1-3-16-13(15)10-14(2)9-8-11-6-4-5-7-12(11)17-14/h4-9H,3,10H2,1-2H3/t14-/m1/s1. The highest BCUT2D eigenvalue weighted by Gasteiger charge is 2.30. The average molecular weight is 232 g/mol. The largest absolute Gasteiger partial charge is 0.482 e. The van der Waals surface area contributed by atoms with Crippen molar-refractivity contribution in [3.63, 3.8) is 0 Å². The van der Waals surface area contributed by atoms with Gasteiger partial charge in [-0.3, -0.25) is 4.79 Å². The Kier molecular flexibility index (Phi) is 3.18. The molecule has 0 aromatic heterocycles. The first-order chi connectivity index (χ1) is 8.13. The molecule has 0 unspecified atom stereocenters. The van der Waals surface area contributed by atoms with Gasteiger partial charge in [-0.2, -0.15) is 0 Å². The summed E-state index contributed by atoms with van der Waals surface area (Å²) in [5, 5.41) is 0. The van der Waals surface area contributed by atoms with Gasteiger partial charge in [0.05, 0.1) is 13.0 Å². The van der Waals surface area contributed by atoms with Crippen LogP contribution in [0.3, 0.4) is 0 Å². The molecule has 0 N–H and O–H groups in total. The number of hydrogen-bond acceptors (Lipinski definition) is 3. The van der Waals surface area contributed by atoms with E-state index in [0.29, 0.717) is 6.61 Å². The monoisotopic (exact) mass is 232 g/mol. The maximum Gasteiger partial charge on any atom is 0.310 e.